The number of nitrogens with zero attached hydrogens (tertiary/aromatic N) is 1. The Kier molecular flexibility index (Phi) is 5.59. The molecule has 1 aliphatic rings. The minimum absolute atomic E-state index is 0.00414. The number of nitrogens with one attached hydrogen (secondary N) is 1. The number of carbonyl (C=O) groups excluding carboxylic acids is 1. The van der Waals surface area contributed by atoms with Crippen molar-refractivity contribution in [2.75, 3.05) is 24.6 Å². The maximum atomic E-state index is 11.9. The number of carboxylic acids is 1. The van der Waals surface area contributed by atoms with E-state index in [4.69, 9.17) is 5.11 Å². The molecule has 0 spiro atoms. The van der Waals surface area contributed by atoms with Gasteiger partial charge in [-0.25, -0.2) is 13.2 Å². The van der Waals surface area contributed by atoms with E-state index >= 15 is 0 Å². The zero-order valence-electron chi connectivity index (χ0n) is 11.0. The number of carboxylic acid groups (broad SMARTS) is 1. The van der Waals surface area contributed by atoms with E-state index in [1.807, 2.05) is 0 Å². The minimum Gasteiger partial charge on any atom is -0.481 e. The molecule has 0 aromatic rings. The Balaban J connectivity index is 2.42. The summed E-state index contributed by atoms with van der Waals surface area (Å²) in [4.78, 5) is 23.8. The first-order valence-corrected chi connectivity index (χ1v) is 8.10. The van der Waals surface area contributed by atoms with E-state index in [-0.39, 0.29) is 36.5 Å². The van der Waals surface area contributed by atoms with Gasteiger partial charge in [0.1, 0.15) is 0 Å². The second kappa shape index (κ2) is 6.74. The summed E-state index contributed by atoms with van der Waals surface area (Å²) in [6.45, 7) is 2.34. The summed E-state index contributed by atoms with van der Waals surface area (Å²) in [6, 6.07) is -0.571. The van der Waals surface area contributed by atoms with Crippen LogP contribution in [0.1, 0.15) is 26.2 Å². The van der Waals surface area contributed by atoms with Crippen LogP contribution < -0.4 is 5.32 Å². The van der Waals surface area contributed by atoms with E-state index in [1.54, 1.807) is 6.92 Å². The molecule has 7 nitrogen and oxygen atoms in total. The third-order valence-corrected chi connectivity index (χ3v) is 4.72. The molecule has 0 radical (unpaired) electrons. The lowest BCUT2D eigenvalue weighted by Gasteiger charge is -2.23. The van der Waals surface area contributed by atoms with Crippen molar-refractivity contribution < 1.29 is 23.1 Å². The number of hydrogen-bond donors (Lipinski definition) is 2. The summed E-state index contributed by atoms with van der Waals surface area (Å²) in [5.74, 6) is -0.795. The van der Waals surface area contributed by atoms with Crippen molar-refractivity contribution in [2.24, 2.45) is 0 Å². The Hall–Kier alpha value is -1.31. The summed E-state index contributed by atoms with van der Waals surface area (Å²) >= 11 is 0. The number of sulfone groups is 1. The van der Waals surface area contributed by atoms with Gasteiger partial charge >= 0.3 is 12.0 Å². The molecule has 0 saturated carbocycles. The first-order valence-electron chi connectivity index (χ1n) is 6.28. The maximum Gasteiger partial charge on any atom is 0.317 e. The SMILES string of the molecule is CC(CCC(=O)O)NC(=O)N1CCCS(=O)(=O)CC1. The predicted octanol–water partition coefficient (Wildman–Crippen LogP) is 0.0698. The molecule has 19 heavy (non-hydrogen) atoms. The van der Waals surface area contributed by atoms with Crippen LogP contribution in [0.5, 0.6) is 0 Å². The van der Waals surface area contributed by atoms with Gasteiger partial charge in [0.25, 0.3) is 0 Å². The fourth-order valence-electron chi connectivity index (χ4n) is 1.86. The topological polar surface area (TPSA) is 104 Å². The third kappa shape index (κ3) is 5.91. The van der Waals surface area contributed by atoms with E-state index < -0.39 is 15.8 Å². The largest absolute Gasteiger partial charge is 0.481 e. The third-order valence-electron chi connectivity index (χ3n) is 3.00. The Labute approximate surface area is 112 Å². The van der Waals surface area contributed by atoms with Crippen molar-refractivity contribution >= 4 is 21.8 Å². The van der Waals surface area contributed by atoms with Crippen molar-refractivity contribution in [3.05, 3.63) is 0 Å². The molecular weight excluding hydrogens is 272 g/mol. The molecule has 0 aromatic carbocycles. The normalized spacial score (nSPS) is 20.4. The molecule has 2 N–H and O–H groups in total. The lowest BCUT2D eigenvalue weighted by Crippen LogP contribution is -2.45. The van der Waals surface area contributed by atoms with Crippen molar-refractivity contribution in [3.8, 4) is 0 Å². The molecule has 1 aliphatic heterocycles. The quantitative estimate of drug-likeness (QED) is 0.763. The molecule has 0 aliphatic carbocycles. The summed E-state index contributed by atoms with van der Waals surface area (Å²) in [7, 11) is -3.03. The lowest BCUT2D eigenvalue weighted by molar-refractivity contribution is -0.137. The molecule has 1 atom stereocenters. The number of urea groups is 1. The second-order valence-electron chi connectivity index (χ2n) is 4.78. The van der Waals surface area contributed by atoms with Crippen molar-refractivity contribution in [2.45, 2.75) is 32.2 Å². The van der Waals surface area contributed by atoms with Gasteiger partial charge in [0.2, 0.25) is 0 Å². The van der Waals surface area contributed by atoms with Gasteiger partial charge in [-0.2, -0.15) is 0 Å². The fourth-order valence-corrected chi connectivity index (χ4v) is 3.13. The first-order chi connectivity index (χ1) is 8.80. The number of aliphatic carboxylic acids is 1. The fraction of sp³-hybridized carbons (Fsp3) is 0.818. The Morgan fingerprint density at radius 3 is 2.63 bits per heavy atom. The van der Waals surface area contributed by atoms with E-state index in [9.17, 15) is 18.0 Å². The Morgan fingerprint density at radius 1 is 1.32 bits per heavy atom. The zero-order valence-corrected chi connectivity index (χ0v) is 11.8. The van der Waals surface area contributed by atoms with Crippen LogP contribution in [0.2, 0.25) is 0 Å². The van der Waals surface area contributed by atoms with Crippen LogP contribution in [0.4, 0.5) is 4.79 Å². The smallest absolute Gasteiger partial charge is 0.317 e. The van der Waals surface area contributed by atoms with Crippen LogP contribution in [0, 0.1) is 0 Å². The summed E-state index contributed by atoms with van der Waals surface area (Å²) in [5, 5.41) is 11.2. The molecule has 1 fully saturated rings. The molecule has 110 valence electrons. The average Bonchev–Trinajstić information content (AvgIpc) is 2.47. The number of amides is 2. The molecule has 1 heterocycles. The van der Waals surface area contributed by atoms with Crippen LogP contribution in [0.25, 0.3) is 0 Å². The van der Waals surface area contributed by atoms with Gasteiger partial charge in [-0.3, -0.25) is 4.79 Å². The van der Waals surface area contributed by atoms with Crippen molar-refractivity contribution in [3.63, 3.8) is 0 Å². The average molecular weight is 292 g/mol. The van der Waals surface area contributed by atoms with Gasteiger partial charge in [0.05, 0.1) is 11.5 Å². The summed E-state index contributed by atoms with van der Waals surface area (Å²) < 4.78 is 22.8. The maximum absolute atomic E-state index is 11.9. The number of hydrogen-bond acceptors (Lipinski definition) is 4. The highest BCUT2D eigenvalue weighted by molar-refractivity contribution is 7.91. The van der Waals surface area contributed by atoms with Crippen LogP contribution in [0.15, 0.2) is 0 Å². The van der Waals surface area contributed by atoms with Gasteiger partial charge < -0.3 is 15.3 Å². The van der Waals surface area contributed by atoms with E-state index in [0.717, 1.165) is 0 Å². The standard InChI is InChI=1S/C11H20N2O5S/c1-9(3-4-10(14)15)12-11(16)13-5-2-7-19(17,18)8-6-13/h9H,2-8H2,1H3,(H,12,16)(H,14,15). The van der Waals surface area contributed by atoms with Gasteiger partial charge in [-0.1, -0.05) is 0 Å². The molecule has 0 bridgehead atoms. The molecule has 8 heteroatoms. The Morgan fingerprint density at radius 2 is 2.00 bits per heavy atom. The highest BCUT2D eigenvalue weighted by Gasteiger charge is 2.23. The first kappa shape index (κ1) is 15.7. The van der Waals surface area contributed by atoms with Crippen molar-refractivity contribution in [1.29, 1.82) is 0 Å². The van der Waals surface area contributed by atoms with Crippen LogP contribution >= 0.6 is 0 Å². The van der Waals surface area contributed by atoms with E-state index in [1.165, 1.54) is 4.90 Å². The van der Waals surface area contributed by atoms with Gasteiger partial charge in [0, 0.05) is 25.6 Å². The number of carbonyl (C=O) groups is 2. The van der Waals surface area contributed by atoms with Crippen LogP contribution in [0.3, 0.4) is 0 Å². The van der Waals surface area contributed by atoms with Crippen molar-refractivity contribution in [1.82, 2.24) is 10.2 Å². The molecular formula is C11H20N2O5S. The molecule has 2 amide bonds. The van der Waals surface area contributed by atoms with Gasteiger partial charge in [-0.15, -0.1) is 0 Å². The van der Waals surface area contributed by atoms with E-state index in [2.05, 4.69) is 5.32 Å². The summed E-state index contributed by atoms with van der Waals surface area (Å²) in [5.41, 5.74) is 0. The lowest BCUT2D eigenvalue weighted by atomic mass is 10.2. The zero-order chi connectivity index (χ0) is 14.5. The highest BCUT2D eigenvalue weighted by atomic mass is 32.2. The molecule has 1 saturated heterocycles. The predicted molar refractivity (Wildman–Crippen MR) is 69.7 cm³/mol. The molecule has 0 aromatic heterocycles. The molecule has 1 rings (SSSR count). The molecule has 1 unspecified atom stereocenters. The van der Waals surface area contributed by atoms with Gasteiger partial charge in [-0.05, 0) is 19.8 Å². The van der Waals surface area contributed by atoms with Crippen LogP contribution in [-0.4, -0.2) is 61.1 Å². The summed E-state index contributed by atoms with van der Waals surface area (Å²) in [6.07, 6.45) is 0.794. The van der Waals surface area contributed by atoms with Gasteiger partial charge in [0.15, 0.2) is 9.84 Å². The second-order valence-corrected chi connectivity index (χ2v) is 7.08. The Bertz CT molecular complexity index is 434. The monoisotopic (exact) mass is 292 g/mol. The minimum atomic E-state index is -3.03. The highest BCUT2D eigenvalue weighted by Crippen LogP contribution is 2.06. The van der Waals surface area contributed by atoms with E-state index in [0.29, 0.717) is 19.4 Å². The number of rotatable bonds is 4. The van der Waals surface area contributed by atoms with Crippen LogP contribution in [-0.2, 0) is 14.6 Å².